The fraction of sp³-hybridized carbons (Fsp3) is 0.625. The fourth-order valence-electron chi connectivity index (χ4n) is 3.21. The van der Waals surface area contributed by atoms with Crippen LogP contribution in [0.4, 0.5) is 0 Å². The minimum atomic E-state index is -0.603. The van der Waals surface area contributed by atoms with Gasteiger partial charge in [-0.25, -0.2) is 0 Å². The number of ether oxygens (including phenoxy) is 2. The lowest BCUT2D eigenvalue weighted by atomic mass is 9.89. The Morgan fingerprint density at radius 3 is 2.95 bits per heavy atom. The normalized spacial score (nSPS) is 37.5. The van der Waals surface area contributed by atoms with Gasteiger partial charge in [0.15, 0.2) is 6.29 Å². The van der Waals surface area contributed by atoms with Crippen LogP contribution in [-0.2, 0) is 15.9 Å². The Balaban J connectivity index is 1.70. The molecule has 0 aromatic heterocycles. The molecule has 1 aliphatic heterocycles. The Hall–Kier alpha value is -0.940. The lowest BCUT2D eigenvalue weighted by Crippen LogP contribution is -2.51. The molecule has 0 amide bonds. The molecule has 0 bridgehead atoms. The first kappa shape index (κ1) is 14.0. The number of fused-ring (bicyclic) bond motifs is 1. The third kappa shape index (κ3) is 2.74. The van der Waals surface area contributed by atoms with Crippen molar-refractivity contribution < 1.29 is 14.6 Å². The summed E-state index contributed by atoms with van der Waals surface area (Å²) in [7, 11) is 0. The van der Waals surface area contributed by atoms with E-state index in [-0.39, 0.29) is 24.5 Å². The molecule has 0 radical (unpaired) electrons. The number of nitrogens with two attached hydrogens (primary N) is 1. The number of aliphatic hydroxyl groups is 1. The highest BCUT2D eigenvalue weighted by molar-refractivity contribution is 5.31. The van der Waals surface area contributed by atoms with Crippen molar-refractivity contribution in [2.75, 3.05) is 0 Å². The van der Waals surface area contributed by atoms with Crippen LogP contribution in [0.2, 0.25) is 0 Å². The van der Waals surface area contributed by atoms with E-state index in [1.54, 1.807) is 0 Å². The average molecular weight is 277 g/mol. The molecule has 1 saturated heterocycles. The summed E-state index contributed by atoms with van der Waals surface area (Å²) in [4.78, 5) is 0. The van der Waals surface area contributed by atoms with Gasteiger partial charge >= 0.3 is 0 Å². The van der Waals surface area contributed by atoms with Gasteiger partial charge in [0.2, 0.25) is 0 Å². The molecule has 0 unspecified atom stereocenters. The van der Waals surface area contributed by atoms with Gasteiger partial charge in [0, 0.05) is 12.5 Å². The summed E-state index contributed by atoms with van der Waals surface area (Å²) in [6.45, 7) is 1.84. The van der Waals surface area contributed by atoms with Gasteiger partial charge in [-0.05, 0) is 37.3 Å². The average Bonchev–Trinajstić information content (AvgIpc) is 2.45. The van der Waals surface area contributed by atoms with Crippen LogP contribution in [0.1, 0.15) is 43.4 Å². The molecule has 1 fully saturated rings. The molecule has 5 atom stereocenters. The quantitative estimate of drug-likeness (QED) is 0.866. The van der Waals surface area contributed by atoms with Crippen LogP contribution < -0.4 is 5.73 Å². The van der Waals surface area contributed by atoms with Crippen molar-refractivity contribution in [3.8, 4) is 0 Å². The van der Waals surface area contributed by atoms with Crippen molar-refractivity contribution >= 4 is 0 Å². The standard InChI is InChI=1S/C16H23NO3/c1-10-16(18)13(17)9-15(19-10)20-14-8-4-6-11-5-2-3-7-12(11)14/h2-3,5,7,10,13-16,18H,4,6,8-9,17H2,1H3/t10-,13+,14+,15-,16+/m0/s1. The van der Waals surface area contributed by atoms with Crippen molar-refractivity contribution in [2.45, 2.75) is 63.3 Å². The number of hydrogen-bond acceptors (Lipinski definition) is 4. The topological polar surface area (TPSA) is 64.7 Å². The van der Waals surface area contributed by atoms with E-state index in [9.17, 15) is 5.11 Å². The van der Waals surface area contributed by atoms with Gasteiger partial charge in [0.05, 0.1) is 18.3 Å². The maximum Gasteiger partial charge on any atom is 0.160 e. The monoisotopic (exact) mass is 277 g/mol. The summed E-state index contributed by atoms with van der Waals surface area (Å²) in [5.74, 6) is 0. The Morgan fingerprint density at radius 1 is 1.35 bits per heavy atom. The van der Waals surface area contributed by atoms with E-state index in [0.717, 1.165) is 19.3 Å². The molecule has 1 aliphatic carbocycles. The lowest BCUT2D eigenvalue weighted by Gasteiger charge is -2.38. The van der Waals surface area contributed by atoms with Crippen LogP contribution in [0, 0.1) is 0 Å². The van der Waals surface area contributed by atoms with Gasteiger partial charge in [0.25, 0.3) is 0 Å². The van der Waals surface area contributed by atoms with Crippen molar-refractivity contribution in [1.82, 2.24) is 0 Å². The first-order valence-corrected chi connectivity index (χ1v) is 7.47. The Bertz CT molecular complexity index is 453. The first-order chi connectivity index (χ1) is 9.65. The molecule has 2 aliphatic rings. The number of aryl methyl sites for hydroxylation is 1. The Labute approximate surface area is 119 Å². The zero-order valence-electron chi connectivity index (χ0n) is 11.9. The maximum atomic E-state index is 9.82. The van der Waals surface area contributed by atoms with Gasteiger partial charge in [-0.15, -0.1) is 0 Å². The highest BCUT2D eigenvalue weighted by Crippen LogP contribution is 2.35. The molecule has 1 heterocycles. The molecular formula is C16H23NO3. The predicted molar refractivity (Wildman–Crippen MR) is 76.1 cm³/mol. The van der Waals surface area contributed by atoms with Crippen molar-refractivity contribution in [1.29, 1.82) is 0 Å². The lowest BCUT2D eigenvalue weighted by molar-refractivity contribution is -0.242. The molecule has 0 spiro atoms. The first-order valence-electron chi connectivity index (χ1n) is 7.47. The van der Waals surface area contributed by atoms with Gasteiger partial charge in [-0.3, -0.25) is 0 Å². The minimum Gasteiger partial charge on any atom is -0.389 e. The molecule has 1 aromatic rings. The second-order valence-electron chi connectivity index (χ2n) is 5.88. The molecule has 110 valence electrons. The Kier molecular flexibility index (Phi) is 4.08. The summed E-state index contributed by atoms with van der Waals surface area (Å²) >= 11 is 0. The molecule has 4 heteroatoms. The summed E-state index contributed by atoms with van der Waals surface area (Å²) in [5, 5.41) is 9.82. The maximum absolute atomic E-state index is 9.82. The van der Waals surface area contributed by atoms with Crippen molar-refractivity contribution in [3.63, 3.8) is 0 Å². The number of aliphatic hydroxyl groups excluding tert-OH is 1. The zero-order valence-corrected chi connectivity index (χ0v) is 11.9. The van der Waals surface area contributed by atoms with E-state index >= 15 is 0 Å². The molecule has 20 heavy (non-hydrogen) atoms. The van der Waals surface area contributed by atoms with E-state index in [1.807, 2.05) is 6.92 Å². The number of rotatable bonds is 2. The van der Waals surface area contributed by atoms with Crippen molar-refractivity contribution in [3.05, 3.63) is 35.4 Å². The van der Waals surface area contributed by atoms with E-state index in [4.69, 9.17) is 15.2 Å². The molecule has 0 saturated carbocycles. The fourth-order valence-corrected chi connectivity index (χ4v) is 3.21. The van der Waals surface area contributed by atoms with E-state index in [1.165, 1.54) is 11.1 Å². The van der Waals surface area contributed by atoms with Crippen LogP contribution in [0.5, 0.6) is 0 Å². The molecule has 3 N–H and O–H groups in total. The molecular weight excluding hydrogens is 254 g/mol. The largest absolute Gasteiger partial charge is 0.389 e. The van der Waals surface area contributed by atoms with Crippen LogP contribution >= 0.6 is 0 Å². The predicted octanol–water partition coefficient (Wildman–Crippen LogP) is 1.90. The molecule has 4 nitrogen and oxygen atoms in total. The summed E-state index contributed by atoms with van der Waals surface area (Å²) in [6, 6.07) is 8.17. The van der Waals surface area contributed by atoms with Crippen LogP contribution in [0.3, 0.4) is 0 Å². The summed E-state index contributed by atoms with van der Waals surface area (Å²) < 4.78 is 11.9. The number of hydrogen-bond donors (Lipinski definition) is 2. The van der Waals surface area contributed by atoms with Crippen LogP contribution in [-0.4, -0.2) is 29.6 Å². The smallest absolute Gasteiger partial charge is 0.160 e. The summed E-state index contributed by atoms with van der Waals surface area (Å²) in [6.07, 6.45) is 2.71. The van der Waals surface area contributed by atoms with Crippen LogP contribution in [0.15, 0.2) is 24.3 Å². The van der Waals surface area contributed by atoms with Crippen molar-refractivity contribution in [2.24, 2.45) is 5.73 Å². The molecule has 3 rings (SSSR count). The number of benzene rings is 1. The summed E-state index contributed by atoms with van der Waals surface area (Å²) in [5.41, 5.74) is 8.59. The Morgan fingerprint density at radius 2 is 2.15 bits per heavy atom. The van der Waals surface area contributed by atoms with E-state index in [0.29, 0.717) is 6.42 Å². The van der Waals surface area contributed by atoms with E-state index in [2.05, 4.69) is 24.3 Å². The van der Waals surface area contributed by atoms with Gasteiger partial charge in [-0.2, -0.15) is 0 Å². The zero-order chi connectivity index (χ0) is 14.1. The van der Waals surface area contributed by atoms with E-state index < -0.39 is 6.10 Å². The SMILES string of the molecule is C[C@@H]1O[C@@H](O[C@@H]2CCCc3ccccc32)C[C@@H](N)[C@@H]1O. The second-order valence-corrected chi connectivity index (χ2v) is 5.88. The second kappa shape index (κ2) is 5.82. The highest BCUT2D eigenvalue weighted by Gasteiger charge is 2.35. The van der Waals surface area contributed by atoms with Crippen LogP contribution in [0.25, 0.3) is 0 Å². The minimum absolute atomic E-state index is 0.0830. The van der Waals surface area contributed by atoms with Gasteiger partial charge in [0.1, 0.15) is 0 Å². The third-order valence-corrected chi connectivity index (χ3v) is 4.38. The van der Waals surface area contributed by atoms with Gasteiger partial charge < -0.3 is 20.3 Å². The highest BCUT2D eigenvalue weighted by atomic mass is 16.7. The molecule has 1 aromatic carbocycles. The third-order valence-electron chi connectivity index (χ3n) is 4.38. The van der Waals surface area contributed by atoms with Gasteiger partial charge in [-0.1, -0.05) is 24.3 Å².